The molecule has 0 bridgehead atoms. The van der Waals surface area contributed by atoms with Crippen molar-refractivity contribution < 1.29 is 28.7 Å². The predicted molar refractivity (Wildman–Crippen MR) is 93.0 cm³/mol. The minimum absolute atomic E-state index is 0.0242. The van der Waals surface area contributed by atoms with Crippen molar-refractivity contribution >= 4 is 35.3 Å². The Morgan fingerprint density at radius 3 is 1.91 bits per heavy atom. The minimum atomic E-state index is -4.48. The third-order valence-electron chi connectivity index (χ3n) is 3.23. The zero-order valence-electron chi connectivity index (χ0n) is 14.4. The number of Topliss-reactive ketones (excluding diaryl/α,β-unsaturated/α-hetero) is 1. The van der Waals surface area contributed by atoms with Gasteiger partial charge in [-0.15, -0.1) is 0 Å². The Balaban J connectivity index is 4.86. The summed E-state index contributed by atoms with van der Waals surface area (Å²) < 4.78 is 11.0. The molecule has 7 nitrogen and oxygen atoms in total. The summed E-state index contributed by atoms with van der Waals surface area (Å²) in [5.74, 6) is -0.782. The molecule has 0 aliphatic rings. The molecule has 0 aromatic carbocycles. The highest BCUT2D eigenvalue weighted by Gasteiger charge is 2.27. The van der Waals surface area contributed by atoms with Crippen LogP contribution in [0.5, 0.6) is 0 Å². The van der Waals surface area contributed by atoms with Gasteiger partial charge in [0.2, 0.25) is 5.91 Å². The normalized spacial score (nSPS) is 12.7. The fourth-order valence-electron chi connectivity index (χ4n) is 1.70. The van der Waals surface area contributed by atoms with Crippen LogP contribution in [0.4, 0.5) is 0 Å². The molecule has 0 aromatic heterocycles. The smallest absolute Gasteiger partial charge is 0.334 e. The van der Waals surface area contributed by atoms with Crippen LogP contribution in [0.25, 0.3) is 0 Å². The molecule has 0 unspecified atom stereocenters. The van der Waals surface area contributed by atoms with Crippen molar-refractivity contribution in [2.45, 2.75) is 33.6 Å². The van der Waals surface area contributed by atoms with Crippen LogP contribution in [0.1, 0.15) is 33.6 Å². The number of hydrogen-bond acceptors (Lipinski definition) is 4. The highest BCUT2D eigenvalue weighted by molar-refractivity contribution is 8.28. The van der Waals surface area contributed by atoms with Crippen LogP contribution in [0.15, 0.2) is 0 Å². The third-order valence-corrected chi connectivity index (χ3v) is 5.14. The van der Waals surface area contributed by atoms with Crippen molar-refractivity contribution in [1.29, 1.82) is 0 Å². The van der Waals surface area contributed by atoms with Gasteiger partial charge in [0.1, 0.15) is 11.9 Å². The monoisotopic (exact) mass is 369 g/mol. The molecule has 0 radical (unpaired) electrons. The first kappa shape index (κ1) is 22.3. The quantitative estimate of drug-likeness (QED) is 0.437. The van der Waals surface area contributed by atoms with Crippen LogP contribution in [0.3, 0.4) is 0 Å². The Bertz CT molecular complexity index is 494. The summed E-state index contributed by atoms with van der Waals surface area (Å²) in [7, 11) is -5.26. The number of carbonyl (C=O) groups is 3. The number of thiol groups is 1. The molecular formula is C14H28NO6PS. The standard InChI is InChI=1S/C14H28NO6PS/c1-14(2,3)11(16)6-8-15(9-7-13(18)23(4)5)12(17)10-22(19,20)21/h23H,6-10H2,1-5H3,(H2,19,20,21). The third kappa shape index (κ3) is 9.91. The Morgan fingerprint density at radius 1 is 1.04 bits per heavy atom. The summed E-state index contributed by atoms with van der Waals surface area (Å²) in [4.78, 5) is 54.8. The first-order valence-electron chi connectivity index (χ1n) is 7.30. The van der Waals surface area contributed by atoms with E-state index in [1.54, 1.807) is 20.8 Å². The lowest BCUT2D eigenvalue weighted by Crippen LogP contribution is -2.37. The van der Waals surface area contributed by atoms with Crippen molar-refractivity contribution in [3.05, 3.63) is 0 Å². The lowest BCUT2D eigenvalue weighted by Gasteiger charge is -2.25. The van der Waals surface area contributed by atoms with Crippen molar-refractivity contribution in [2.75, 3.05) is 31.8 Å². The molecule has 0 spiro atoms. The van der Waals surface area contributed by atoms with E-state index in [2.05, 4.69) is 0 Å². The molecule has 1 amide bonds. The topological polar surface area (TPSA) is 112 Å². The highest BCUT2D eigenvalue weighted by Crippen LogP contribution is 2.34. The molecule has 2 N–H and O–H groups in total. The summed E-state index contributed by atoms with van der Waals surface area (Å²) in [5.41, 5.74) is -0.547. The first-order valence-corrected chi connectivity index (χ1v) is 11.3. The average molecular weight is 369 g/mol. The summed E-state index contributed by atoms with van der Waals surface area (Å²) in [6.45, 7) is 5.44. The van der Waals surface area contributed by atoms with Gasteiger partial charge in [0.25, 0.3) is 0 Å². The molecule has 0 fully saturated rings. The van der Waals surface area contributed by atoms with Gasteiger partial charge in [-0.05, 0) is 12.5 Å². The van der Waals surface area contributed by atoms with E-state index in [9.17, 15) is 18.9 Å². The van der Waals surface area contributed by atoms with E-state index >= 15 is 0 Å². The van der Waals surface area contributed by atoms with Gasteiger partial charge in [0, 0.05) is 31.3 Å². The average Bonchev–Trinajstić information content (AvgIpc) is 2.34. The summed E-state index contributed by atoms with van der Waals surface area (Å²) >= 11 is 0. The number of ketones is 1. The maximum absolute atomic E-state index is 12.0. The summed E-state index contributed by atoms with van der Waals surface area (Å²) in [5, 5.41) is 0.0242. The number of carbonyl (C=O) groups excluding carboxylic acids is 3. The number of amides is 1. The van der Waals surface area contributed by atoms with Crippen LogP contribution >= 0.6 is 18.5 Å². The van der Waals surface area contributed by atoms with Crippen LogP contribution < -0.4 is 0 Å². The minimum Gasteiger partial charge on any atom is -0.341 e. The van der Waals surface area contributed by atoms with E-state index in [1.165, 1.54) is 4.90 Å². The first-order chi connectivity index (χ1) is 10.2. The highest BCUT2D eigenvalue weighted by atomic mass is 32.2. The summed E-state index contributed by atoms with van der Waals surface area (Å²) in [6, 6.07) is 0. The van der Waals surface area contributed by atoms with E-state index in [-0.39, 0.29) is 36.8 Å². The van der Waals surface area contributed by atoms with Gasteiger partial charge >= 0.3 is 7.60 Å². The van der Waals surface area contributed by atoms with Crippen molar-refractivity contribution in [3.63, 3.8) is 0 Å². The second-order valence-corrected chi connectivity index (χ2v) is 10.6. The number of rotatable bonds is 8. The van der Waals surface area contributed by atoms with Gasteiger partial charge in [0.15, 0.2) is 5.12 Å². The van der Waals surface area contributed by atoms with Crippen molar-refractivity contribution in [3.8, 4) is 0 Å². The molecule has 136 valence electrons. The van der Waals surface area contributed by atoms with Gasteiger partial charge in [-0.1, -0.05) is 20.8 Å². The van der Waals surface area contributed by atoms with Crippen LogP contribution in [-0.4, -0.2) is 63.3 Å². The molecule has 0 saturated heterocycles. The maximum atomic E-state index is 12.0. The molecular weight excluding hydrogens is 341 g/mol. The Kier molecular flexibility index (Phi) is 8.70. The molecule has 0 atom stereocenters. The van der Waals surface area contributed by atoms with Crippen molar-refractivity contribution in [1.82, 2.24) is 4.90 Å². The number of nitrogens with zero attached hydrogens (tertiary/aromatic N) is 1. The molecule has 9 heteroatoms. The van der Waals surface area contributed by atoms with E-state index < -0.39 is 36.0 Å². The van der Waals surface area contributed by atoms with Crippen LogP contribution in [0.2, 0.25) is 0 Å². The largest absolute Gasteiger partial charge is 0.341 e. The number of hydrogen-bond donors (Lipinski definition) is 3. The van der Waals surface area contributed by atoms with E-state index in [1.807, 2.05) is 12.5 Å². The molecule has 0 aliphatic heterocycles. The van der Waals surface area contributed by atoms with Gasteiger partial charge in [-0.25, -0.2) is 10.9 Å². The zero-order chi connectivity index (χ0) is 18.4. The predicted octanol–water partition coefficient (Wildman–Crippen LogP) is 1.18. The lowest BCUT2D eigenvalue weighted by molar-refractivity contribution is -0.130. The van der Waals surface area contributed by atoms with Gasteiger partial charge in [0.05, 0.1) is 0 Å². The van der Waals surface area contributed by atoms with E-state index in [4.69, 9.17) is 9.79 Å². The molecule has 0 saturated carbocycles. The van der Waals surface area contributed by atoms with Crippen molar-refractivity contribution in [2.24, 2.45) is 5.41 Å². The van der Waals surface area contributed by atoms with Gasteiger partial charge < -0.3 is 14.7 Å². The maximum Gasteiger partial charge on any atom is 0.334 e. The fourth-order valence-corrected chi connectivity index (χ4v) is 2.80. The Labute approximate surface area is 140 Å². The molecule has 23 heavy (non-hydrogen) atoms. The fraction of sp³-hybridized carbons (Fsp3) is 0.786. The Hall–Kier alpha value is -0.690. The molecule has 0 aliphatic carbocycles. The lowest BCUT2D eigenvalue weighted by atomic mass is 9.89. The van der Waals surface area contributed by atoms with Crippen LogP contribution in [-0.2, 0) is 18.9 Å². The SMILES string of the molecule is C[SH](C)C(=O)CCN(CCC(=O)C(C)(C)C)C(=O)CP(=O)(O)O. The Morgan fingerprint density at radius 2 is 1.52 bits per heavy atom. The molecule has 0 heterocycles. The zero-order valence-corrected chi connectivity index (χ0v) is 16.2. The van der Waals surface area contributed by atoms with Gasteiger partial charge in [-0.3, -0.25) is 18.9 Å². The van der Waals surface area contributed by atoms with Crippen LogP contribution in [0, 0.1) is 5.41 Å². The van der Waals surface area contributed by atoms with E-state index in [0.717, 1.165) is 0 Å². The summed E-state index contributed by atoms with van der Waals surface area (Å²) in [6.07, 6.45) is 2.94. The molecule has 0 rings (SSSR count). The second-order valence-electron chi connectivity index (χ2n) is 6.66. The van der Waals surface area contributed by atoms with Gasteiger partial charge in [-0.2, -0.15) is 0 Å². The van der Waals surface area contributed by atoms with E-state index in [0.29, 0.717) is 0 Å². The second kappa shape index (κ2) is 8.97. The molecule has 0 aromatic rings.